The number of hydrogen-bond donors (Lipinski definition) is 5. The molecule has 3 rings (SSSR count). The molecule has 47 heavy (non-hydrogen) atoms. The Bertz CT molecular complexity index is 1650. The van der Waals surface area contributed by atoms with Gasteiger partial charge in [-0.05, 0) is 77.2 Å². The molecule has 12 heteroatoms. The molecule has 3 unspecified atom stereocenters. The summed E-state index contributed by atoms with van der Waals surface area (Å²) < 4.78 is 4.93. The van der Waals surface area contributed by atoms with Crippen molar-refractivity contribution in [2.45, 2.75) is 84.7 Å². The van der Waals surface area contributed by atoms with Gasteiger partial charge in [0.2, 0.25) is 11.8 Å². The van der Waals surface area contributed by atoms with Crippen molar-refractivity contribution < 1.29 is 28.8 Å². The van der Waals surface area contributed by atoms with E-state index in [1.807, 2.05) is 64.1 Å². The van der Waals surface area contributed by atoms with Gasteiger partial charge in [-0.15, -0.1) is 0 Å². The molecule has 0 aliphatic carbocycles. The maximum absolute atomic E-state index is 13.4. The molecule has 0 saturated heterocycles. The molecule has 1 aromatic heterocycles. The molecule has 2 aromatic carbocycles. The van der Waals surface area contributed by atoms with E-state index < -0.39 is 47.4 Å². The van der Waals surface area contributed by atoms with Crippen molar-refractivity contribution in [3.63, 3.8) is 0 Å². The summed E-state index contributed by atoms with van der Waals surface area (Å²) in [6.07, 6.45) is 0.697. The van der Waals surface area contributed by atoms with E-state index >= 15 is 0 Å². The molecule has 0 radical (unpaired) electrons. The van der Waals surface area contributed by atoms with Gasteiger partial charge < -0.3 is 30.9 Å². The Morgan fingerprint density at radius 1 is 1.00 bits per heavy atom. The Labute approximate surface area is 274 Å². The van der Waals surface area contributed by atoms with Crippen LogP contribution in [-0.2, 0) is 27.3 Å². The fraction of sp³-hybridized carbons (Fsp3) is 0.371. The third-order valence-electron chi connectivity index (χ3n) is 6.97. The van der Waals surface area contributed by atoms with E-state index in [1.165, 1.54) is 19.1 Å². The normalized spacial score (nSPS) is 13.4. The molecule has 0 aliphatic heterocycles. The van der Waals surface area contributed by atoms with Gasteiger partial charge in [0, 0.05) is 18.2 Å². The summed E-state index contributed by atoms with van der Waals surface area (Å²) in [5.74, 6) is -2.03. The first kappa shape index (κ1) is 36.2. The van der Waals surface area contributed by atoms with Crippen LogP contribution in [0.3, 0.4) is 0 Å². The smallest absolute Gasteiger partial charge is 0.274 e. The minimum Gasteiger partial charge on any atom is -0.391 e. The number of nitrogens with one attached hydrogen (secondary N) is 4. The summed E-state index contributed by atoms with van der Waals surface area (Å²) in [6.45, 7) is 10.6. The van der Waals surface area contributed by atoms with E-state index in [2.05, 4.69) is 26.4 Å². The van der Waals surface area contributed by atoms with Gasteiger partial charge in [0.05, 0.1) is 6.10 Å². The highest BCUT2D eigenvalue weighted by Gasteiger charge is 2.31. The van der Waals surface area contributed by atoms with Crippen molar-refractivity contribution in [1.82, 2.24) is 26.4 Å². The fourth-order valence-corrected chi connectivity index (χ4v) is 4.52. The third-order valence-corrected chi connectivity index (χ3v) is 6.97. The molecule has 12 nitrogen and oxygen atoms in total. The molecule has 0 spiro atoms. The second kappa shape index (κ2) is 16.3. The third kappa shape index (κ3) is 11.5. The number of aryl methyl sites for hydroxylation is 3. The monoisotopic (exact) mass is 642 g/mol. The van der Waals surface area contributed by atoms with Crippen LogP contribution in [0.1, 0.15) is 72.6 Å². The van der Waals surface area contributed by atoms with Crippen molar-refractivity contribution >= 4 is 29.7 Å². The lowest BCUT2D eigenvalue weighted by Gasteiger charge is -2.24. The molecule has 5 N–H and O–H groups in total. The van der Waals surface area contributed by atoms with Crippen LogP contribution in [0.25, 0.3) is 6.08 Å². The average Bonchev–Trinajstić information content (AvgIpc) is 3.45. The Morgan fingerprint density at radius 3 is 2.30 bits per heavy atom. The van der Waals surface area contributed by atoms with Crippen molar-refractivity contribution in [3.05, 3.63) is 93.9 Å². The summed E-state index contributed by atoms with van der Waals surface area (Å²) >= 11 is 0. The number of benzene rings is 2. The standard InChI is InChI=1S/C35H42N6O6/c1-21-10-12-25(13-11-21)20-37-32(44)28(38-34(46)30(23(3)42)39-33(45)29-16-22(2)47-41-29)15-14-24-8-7-9-26(17-24)18-27(19-36)31(43)40-35(4,5)6/h7-13,16-18,23,28,30,42H,14-15,20H2,1-6H3,(H,37,44)(H,38,46)(H,39,45)(H,40,43). The lowest BCUT2D eigenvalue weighted by molar-refractivity contribution is -0.131. The molecular weight excluding hydrogens is 600 g/mol. The van der Waals surface area contributed by atoms with Crippen LogP contribution in [0.2, 0.25) is 0 Å². The van der Waals surface area contributed by atoms with Gasteiger partial charge in [-0.1, -0.05) is 59.3 Å². The largest absolute Gasteiger partial charge is 0.391 e. The first-order valence-electron chi connectivity index (χ1n) is 15.2. The molecule has 4 amide bonds. The number of hydrogen-bond acceptors (Lipinski definition) is 8. The Hall–Kier alpha value is -5.28. The number of nitriles is 1. The van der Waals surface area contributed by atoms with Crippen molar-refractivity contribution in [1.29, 1.82) is 5.26 Å². The van der Waals surface area contributed by atoms with E-state index in [1.54, 1.807) is 25.1 Å². The summed E-state index contributed by atoms with van der Waals surface area (Å²) in [5.41, 5.74) is 2.73. The molecule has 0 fully saturated rings. The molecule has 248 valence electrons. The van der Waals surface area contributed by atoms with Gasteiger partial charge in [0.1, 0.15) is 29.5 Å². The van der Waals surface area contributed by atoms with Gasteiger partial charge >= 0.3 is 0 Å². The Kier molecular flexibility index (Phi) is 12.6. The zero-order valence-electron chi connectivity index (χ0n) is 27.5. The van der Waals surface area contributed by atoms with Crippen LogP contribution in [0, 0.1) is 25.2 Å². The zero-order valence-corrected chi connectivity index (χ0v) is 27.5. The highest BCUT2D eigenvalue weighted by molar-refractivity contribution is 6.02. The van der Waals surface area contributed by atoms with Crippen molar-refractivity contribution in [3.8, 4) is 6.07 Å². The van der Waals surface area contributed by atoms with E-state index in [-0.39, 0.29) is 24.2 Å². The van der Waals surface area contributed by atoms with Gasteiger partial charge in [-0.3, -0.25) is 19.2 Å². The van der Waals surface area contributed by atoms with Gasteiger partial charge in [-0.25, -0.2) is 0 Å². The number of aliphatic hydroxyl groups excluding tert-OH is 1. The van der Waals surface area contributed by atoms with E-state index in [0.717, 1.165) is 16.7 Å². The van der Waals surface area contributed by atoms with Crippen LogP contribution in [0.15, 0.2) is 64.7 Å². The predicted octanol–water partition coefficient (Wildman–Crippen LogP) is 3.03. The van der Waals surface area contributed by atoms with Gasteiger partial charge in [0.25, 0.3) is 11.8 Å². The quantitative estimate of drug-likeness (QED) is 0.139. The predicted molar refractivity (Wildman–Crippen MR) is 175 cm³/mol. The molecule has 1 heterocycles. The van der Waals surface area contributed by atoms with Gasteiger partial charge in [0.15, 0.2) is 5.69 Å². The molecule has 0 aliphatic rings. The minimum atomic E-state index is -1.39. The topological polar surface area (TPSA) is 186 Å². The van der Waals surface area contributed by atoms with Gasteiger partial charge in [-0.2, -0.15) is 5.26 Å². The fourth-order valence-electron chi connectivity index (χ4n) is 4.52. The maximum Gasteiger partial charge on any atom is 0.274 e. The second-order valence-corrected chi connectivity index (χ2v) is 12.4. The number of amides is 4. The average molecular weight is 643 g/mol. The minimum absolute atomic E-state index is 0.0512. The number of aliphatic hydroxyl groups is 1. The molecule has 0 bridgehead atoms. The van der Waals surface area contributed by atoms with Crippen LogP contribution in [-0.4, -0.2) is 57.6 Å². The second-order valence-electron chi connectivity index (χ2n) is 12.4. The van der Waals surface area contributed by atoms with E-state index in [4.69, 9.17) is 4.52 Å². The molecular formula is C35H42N6O6. The molecule has 0 saturated carbocycles. The first-order valence-corrected chi connectivity index (χ1v) is 15.2. The zero-order chi connectivity index (χ0) is 34.7. The summed E-state index contributed by atoms with van der Waals surface area (Å²) in [4.78, 5) is 52.1. The lowest BCUT2D eigenvalue weighted by Crippen LogP contribution is -2.57. The van der Waals surface area contributed by atoms with Crippen LogP contribution >= 0.6 is 0 Å². The van der Waals surface area contributed by atoms with Crippen LogP contribution < -0.4 is 21.3 Å². The van der Waals surface area contributed by atoms with Crippen molar-refractivity contribution in [2.24, 2.45) is 0 Å². The highest BCUT2D eigenvalue weighted by Crippen LogP contribution is 2.14. The molecule has 3 atom stereocenters. The summed E-state index contributed by atoms with van der Waals surface area (Å²) in [5, 5.41) is 34.4. The number of carbonyl (C=O) groups excluding carboxylic acids is 4. The first-order chi connectivity index (χ1) is 22.1. The van der Waals surface area contributed by atoms with E-state index in [0.29, 0.717) is 17.7 Å². The maximum atomic E-state index is 13.4. The number of rotatable bonds is 13. The number of carbonyl (C=O) groups is 4. The highest BCUT2D eigenvalue weighted by atomic mass is 16.5. The summed E-state index contributed by atoms with van der Waals surface area (Å²) in [6, 6.07) is 15.7. The number of aromatic nitrogens is 1. The SMILES string of the molecule is Cc1ccc(CNC(=O)C(CCc2cccc(C=C(C#N)C(=O)NC(C)(C)C)c2)NC(=O)C(NC(=O)c2cc(C)on2)C(C)O)cc1. The summed E-state index contributed by atoms with van der Waals surface area (Å²) in [7, 11) is 0. The number of nitrogens with zero attached hydrogens (tertiary/aromatic N) is 2. The lowest BCUT2D eigenvalue weighted by atomic mass is 10.0. The van der Waals surface area contributed by atoms with Crippen LogP contribution in [0.4, 0.5) is 0 Å². The Balaban J connectivity index is 1.79. The Morgan fingerprint density at radius 2 is 1.70 bits per heavy atom. The molecule has 3 aromatic rings. The van der Waals surface area contributed by atoms with E-state index in [9.17, 15) is 29.5 Å². The van der Waals surface area contributed by atoms with Crippen molar-refractivity contribution in [2.75, 3.05) is 0 Å². The van der Waals surface area contributed by atoms with Crippen LogP contribution in [0.5, 0.6) is 0 Å².